The highest BCUT2D eigenvalue weighted by atomic mass is 35.5. The Kier molecular flexibility index (Phi) is 4.84. The van der Waals surface area contributed by atoms with Crippen LogP contribution in [0.3, 0.4) is 0 Å². The third-order valence-corrected chi connectivity index (χ3v) is 4.15. The predicted octanol–water partition coefficient (Wildman–Crippen LogP) is 3.50. The van der Waals surface area contributed by atoms with Gasteiger partial charge in [0.05, 0.1) is 15.7 Å². The topological polar surface area (TPSA) is 102 Å². The average Bonchev–Trinajstić information content (AvgIpc) is 2.53. The molecule has 0 radical (unpaired) electrons. The van der Waals surface area contributed by atoms with E-state index in [2.05, 4.69) is 20.3 Å². The van der Waals surface area contributed by atoms with Gasteiger partial charge in [0, 0.05) is 18.1 Å². The quantitative estimate of drug-likeness (QED) is 0.832. The number of carbonyl (C=O) groups excluding carboxylic acids is 1. The maximum Gasteiger partial charge on any atom is 0.288 e. The molecule has 9 heteroatoms. The zero-order valence-corrected chi connectivity index (χ0v) is 15.5. The first-order chi connectivity index (χ1) is 12.3. The van der Waals surface area contributed by atoms with Crippen LogP contribution in [0, 0.1) is 0 Å². The Bertz CT molecular complexity index is 925. The maximum absolute atomic E-state index is 12.4. The van der Waals surface area contributed by atoms with Crippen LogP contribution in [-0.2, 0) is 10.3 Å². The van der Waals surface area contributed by atoms with Gasteiger partial charge in [0.15, 0.2) is 0 Å². The van der Waals surface area contributed by atoms with Crippen molar-refractivity contribution < 1.29 is 9.53 Å². The molecule has 1 aliphatic heterocycles. The first-order valence-corrected chi connectivity index (χ1v) is 8.34. The lowest BCUT2D eigenvalue weighted by molar-refractivity contribution is 0.102. The number of aliphatic imine (C=N–C) groups is 1. The molecule has 7 nitrogen and oxygen atoms in total. The van der Waals surface area contributed by atoms with Crippen LogP contribution >= 0.6 is 23.2 Å². The predicted molar refractivity (Wildman–Crippen MR) is 100 cm³/mol. The number of aromatic nitrogens is 2. The smallest absolute Gasteiger partial charge is 0.288 e. The number of anilines is 1. The standard InChI is InChI=1S/C17H15Cl2N5O2/c1-9-7-17(2,24-16(20)26-9)13-6-11(3-4-21-13)23-15(25)14-12(19)5-10(18)8-22-14/h3-8H,1-2H3,(H2,20,24)(H,21,23,25)/t17-/m0/s1. The lowest BCUT2D eigenvalue weighted by atomic mass is 9.96. The van der Waals surface area contributed by atoms with E-state index < -0.39 is 11.4 Å². The van der Waals surface area contributed by atoms with Gasteiger partial charge in [-0.15, -0.1) is 0 Å². The van der Waals surface area contributed by atoms with Crippen LogP contribution in [0.2, 0.25) is 10.0 Å². The third-order valence-electron chi connectivity index (χ3n) is 3.65. The molecule has 1 aliphatic rings. The molecule has 0 fully saturated rings. The SMILES string of the molecule is CC1=C[C@@](C)(c2cc(NC(=O)c3ncc(Cl)cc3Cl)ccn2)N=C(N)O1. The van der Waals surface area contributed by atoms with Crippen LogP contribution in [0.25, 0.3) is 0 Å². The normalized spacial score (nSPS) is 19.2. The second kappa shape index (κ2) is 6.93. The van der Waals surface area contributed by atoms with Crippen molar-refractivity contribution in [2.75, 3.05) is 5.32 Å². The second-order valence-electron chi connectivity index (χ2n) is 5.82. The van der Waals surface area contributed by atoms with E-state index >= 15 is 0 Å². The molecule has 0 aliphatic carbocycles. The molecular formula is C17H15Cl2N5O2. The summed E-state index contributed by atoms with van der Waals surface area (Å²) in [5.74, 6) is 0.157. The van der Waals surface area contributed by atoms with Gasteiger partial charge in [0.25, 0.3) is 11.9 Å². The van der Waals surface area contributed by atoms with E-state index in [1.807, 2.05) is 6.92 Å². The van der Waals surface area contributed by atoms with Crippen LogP contribution in [0.5, 0.6) is 0 Å². The third kappa shape index (κ3) is 3.79. The largest absolute Gasteiger partial charge is 0.431 e. The van der Waals surface area contributed by atoms with Crippen molar-refractivity contribution in [3.05, 3.63) is 63.9 Å². The molecule has 1 amide bonds. The van der Waals surface area contributed by atoms with Gasteiger partial charge >= 0.3 is 0 Å². The number of allylic oxidation sites excluding steroid dienone is 1. The molecule has 1 atom stereocenters. The van der Waals surface area contributed by atoms with E-state index in [0.717, 1.165) is 0 Å². The minimum absolute atomic E-state index is 0.0564. The first-order valence-electron chi connectivity index (χ1n) is 7.58. The highest BCUT2D eigenvalue weighted by Gasteiger charge is 2.30. The van der Waals surface area contributed by atoms with Crippen molar-refractivity contribution in [2.24, 2.45) is 10.7 Å². The fourth-order valence-electron chi connectivity index (χ4n) is 2.56. The number of amidine groups is 1. The number of ether oxygens (including phenoxy) is 1. The Morgan fingerprint density at radius 1 is 1.31 bits per heavy atom. The number of nitrogens with zero attached hydrogens (tertiary/aromatic N) is 3. The van der Waals surface area contributed by atoms with Gasteiger partial charge in [-0.1, -0.05) is 23.2 Å². The number of rotatable bonds is 3. The van der Waals surface area contributed by atoms with Crippen molar-refractivity contribution in [3.8, 4) is 0 Å². The van der Waals surface area contributed by atoms with E-state index in [1.54, 1.807) is 31.3 Å². The molecule has 3 heterocycles. The number of amides is 1. The summed E-state index contributed by atoms with van der Waals surface area (Å²) in [6.45, 7) is 3.62. The van der Waals surface area contributed by atoms with Gasteiger partial charge in [-0.25, -0.2) is 9.98 Å². The van der Waals surface area contributed by atoms with Crippen molar-refractivity contribution >= 4 is 40.8 Å². The molecule has 2 aromatic heterocycles. The van der Waals surface area contributed by atoms with Crippen LogP contribution in [-0.4, -0.2) is 21.9 Å². The molecule has 3 N–H and O–H groups in total. The van der Waals surface area contributed by atoms with E-state index in [9.17, 15) is 4.79 Å². The van der Waals surface area contributed by atoms with Gasteiger partial charge in [0.1, 0.15) is 17.0 Å². The van der Waals surface area contributed by atoms with Gasteiger partial charge in [-0.05, 0) is 38.1 Å². The average molecular weight is 392 g/mol. The van der Waals surface area contributed by atoms with Crippen LogP contribution in [0.1, 0.15) is 30.0 Å². The van der Waals surface area contributed by atoms with Gasteiger partial charge < -0.3 is 15.8 Å². The van der Waals surface area contributed by atoms with Gasteiger partial charge in [-0.3, -0.25) is 9.78 Å². The van der Waals surface area contributed by atoms with E-state index in [4.69, 9.17) is 33.7 Å². The lowest BCUT2D eigenvalue weighted by Crippen LogP contribution is -2.30. The minimum atomic E-state index is -0.802. The number of nitrogens with one attached hydrogen (secondary N) is 1. The summed E-state index contributed by atoms with van der Waals surface area (Å²) in [4.78, 5) is 25.0. The van der Waals surface area contributed by atoms with E-state index in [0.29, 0.717) is 22.2 Å². The van der Waals surface area contributed by atoms with Crippen LogP contribution in [0.4, 0.5) is 5.69 Å². The van der Waals surface area contributed by atoms with Crippen molar-refractivity contribution in [1.82, 2.24) is 9.97 Å². The van der Waals surface area contributed by atoms with Crippen molar-refractivity contribution in [1.29, 1.82) is 0 Å². The molecule has 26 heavy (non-hydrogen) atoms. The summed E-state index contributed by atoms with van der Waals surface area (Å²) in [5, 5.41) is 3.25. The Morgan fingerprint density at radius 2 is 2.08 bits per heavy atom. The van der Waals surface area contributed by atoms with Crippen LogP contribution < -0.4 is 11.1 Å². The number of carbonyl (C=O) groups is 1. The summed E-state index contributed by atoms with van der Waals surface area (Å²) in [6.07, 6.45) is 4.72. The van der Waals surface area contributed by atoms with Crippen molar-refractivity contribution in [2.45, 2.75) is 19.4 Å². The number of nitrogens with two attached hydrogens (primary N) is 1. The fraction of sp³-hybridized carbons (Fsp3) is 0.176. The molecule has 0 saturated carbocycles. The van der Waals surface area contributed by atoms with E-state index in [1.165, 1.54) is 12.3 Å². The Balaban J connectivity index is 1.88. The summed E-state index contributed by atoms with van der Waals surface area (Å²) in [7, 11) is 0. The van der Waals surface area contributed by atoms with Gasteiger partial charge in [-0.2, -0.15) is 0 Å². The molecule has 134 valence electrons. The minimum Gasteiger partial charge on any atom is -0.431 e. The highest BCUT2D eigenvalue weighted by Crippen LogP contribution is 2.31. The summed E-state index contributed by atoms with van der Waals surface area (Å²) in [5.41, 5.74) is 6.10. The molecule has 3 rings (SSSR count). The molecule has 0 aromatic carbocycles. The van der Waals surface area contributed by atoms with E-state index in [-0.39, 0.29) is 16.7 Å². The Labute approximate surface area is 159 Å². The maximum atomic E-state index is 12.4. The fourth-order valence-corrected chi connectivity index (χ4v) is 3.03. The van der Waals surface area contributed by atoms with Crippen molar-refractivity contribution in [3.63, 3.8) is 0 Å². The Hall–Kier alpha value is -2.64. The summed E-state index contributed by atoms with van der Waals surface area (Å²) in [6, 6.07) is 4.86. The molecular weight excluding hydrogens is 377 g/mol. The monoisotopic (exact) mass is 391 g/mol. The number of hydrogen-bond donors (Lipinski definition) is 2. The molecule has 2 aromatic rings. The molecule has 0 spiro atoms. The number of hydrogen-bond acceptors (Lipinski definition) is 6. The van der Waals surface area contributed by atoms with Gasteiger partial charge in [0.2, 0.25) is 0 Å². The summed E-state index contributed by atoms with van der Waals surface area (Å²) >= 11 is 11.8. The zero-order chi connectivity index (χ0) is 18.9. The van der Waals surface area contributed by atoms with Crippen LogP contribution in [0.15, 0.2) is 47.4 Å². The highest BCUT2D eigenvalue weighted by molar-refractivity contribution is 6.36. The molecule has 0 saturated heterocycles. The number of pyridine rings is 2. The summed E-state index contributed by atoms with van der Waals surface area (Å²) < 4.78 is 5.24. The first kappa shape index (κ1) is 18.2. The Morgan fingerprint density at radius 3 is 2.77 bits per heavy atom. The second-order valence-corrected chi connectivity index (χ2v) is 6.67. The zero-order valence-electron chi connectivity index (χ0n) is 14.0. The molecule has 0 bridgehead atoms. The lowest BCUT2D eigenvalue weighted by Gasteiger charge is -2.26. The molecule has 0 unspecified atom stereocenters. The number of halogens is 2.